The second-order valence-electron chi connectivity index (χ2n) is 11.5. The minimum Gasteiger partial charge on any atom is -0.445 e. The summed E-state index contributed by atoms with van der Waals surface area (Å²) in [5, 5.41) is 4.17. The topological polar surface area (TPSA) is 75.2 Å². The van der Waals surface area contributed by atoms with Crippen molar-refractivity contribution in [3.05, 3.63) is 89.7 Å². The van der Waals surface area contributed by atoms with E-state index >= 15 is 0 Å². The zero-order valence-corrected chi connectivity index (χ0v) is 23.5. The summed E-state index contributed by atoms with van der Waals surface area (Å²) in [7, 11) is 0. The lowest BCUT2D eigenvalue weighted by Crippen LogP contribution is -2.37. The van der Waals surface area contributed by atoms with Crippen molar-refractivity contribution >= 4 is 28.0 Å². The van der Waals surface area contributed by atoms with Gasteiger partial charge >= 0.3 is 6.09 Å². The highest BCUT2D eigenvalue weighted by Crippen LogP contribution is 2.36. The van der Waals surface area contributed by atoms with E-state index in [-0.39, 0.29) is 25.6 Å². The maximum Gasteiger partial charge on any atom is 0.410 e. The van der Waals surface area contributed by atoms with Gasteiger partial charge in [-0.2, -0.15) is 0 Å². The van der Waals surface area contributed by atoms with Crippen LogP contribution in [-0.4, -0.2) is 63.0 Å². The summed E-state index contributed by atoms with van der Waals surface area (Å²) in [6.07, 6.45) is -1.71. The van der Waals surface area contributed by atoms with Gasteiger partial charge in [-0.15, -0.1) is 0 Å². The van der Waals surface area contributed by atoms with Gasteiger partial charge in [0.05, 0.1) is 23.3 Å². The fraction of sp³-hybridized carbons (Fsp3) is 0.333. The Balaban J connectivity index is 1.26. The standard InChI is InChI=1S/C33H32F3N5O2/c34-21-10-11-30-29(14-21)39-32(41(30)18-24-12-22(35)16-37-24)31-27(26-8-4-5-9-28(26)38-31)15-25-13-23(36)17-40(25)33(42)43-19-20-6-2-1-3-7-20/h1-11,14,22-25,37-38H,12-13,15-19H2/t22-,23-,24-,25-/m0/s1. The Morgan fingerprint density at radius 2 is 1.81 bits per heavy atom. The molecule has 5 aromatic rings. The second-order valence-corrected chi connectivity index (χ2v) is 11.5. The van der Waals surface area contributed by atoms with Crippen LogP contribution in [0, 0.1) is 5.82 Å². The molecule has 7 nitrogen and oxygen atoms in total. The summed E-state index contributed by atoms with van der Waals surface area (Å²) in [4.78, 5) is 23.0. The van der Waals surface area contributed by atoms with E-state index in [0.717, 1.165) is 27.5 Å². The van der Waals surface area contributed by atoms with Crippen molar-refractivity contribution in [3.8, 4) is 11.5 Å². The van der Waals surface area contributed by atoms with Gasteiger partial charge in [-0.25, -0.2) is 22.9 Å². The number of imidazole rings is 1. The predicted octanol–water partition coefficient (Wildman–Crippen LogP) is 6.32. The van der Waals surface area contributed by atoms with Crippen LogP contribution in [0.15, 0.2) is 72.8 Å². The third-order valence-electron chi connectivity index (χ3n) is 8.56. The molecule has 0 aliphatic carbocycles. The molecular weight excluding hydrogens is 555 g/mol. The first-order valence-corrected chi connectivity index (χ1v) is 14.7. The van der Waals surface area contributed by atoms with Crippen molar-refractivity contribution in [3.63, 3.8) is 0 Å². The molecule has 2 N–H and O–H groups in total. The van der Waals surface area contributed by atoms with Gasteiger partial charge in [-0.05, 0) is 42.2 Å². The number of benzene rings is 3. The Labute approximate surface area is 246 Å². The minimum atomic E-state index is -1.17. The smallest absolute Gasteiger partial charge is 0.410 e. The zero-order valence-electron chi connectivity index (χ0n) is 23.5. The predicted molar refractivity (Wildman–Crippen MR) is 159 cm³/mol. The molecule has 2 aliphatic heterocycles. The Bertz CT molecular complexity index is 1770. The summed E-state index contributed by atoms with van der Waals surface area (Å²) < 4.78 is 50.8. The fourth-order valence-corrected chi connectivity index (χ4v) is 6.53. The molecule has 1 amide bonds. The highest BCUT2D eigenvalue weighted by Gasteiger charge is 2.38. The van der Waals surface area contributed by atoms with Gasteiger partial charge < -0.3 is 24.5 Å². The summed E-state index contributed by atoms with van der Waals surface area (Å²) in [5.41, 5.74) is 4.55. The third-order valence-corrected chi connectivity index (χ3v) is 8.56. The largest absolute Gasteiger partial charge is 0.445 e. The van der Waals surface area contributed by atoms with Crippen LogP contribution in [0.3, 0.4) is 0 Å². The average molecular weight is 588 g/mol. The molecule has 10 heteroatoms. The number of hydrogen-bond donors (Lipinski definition) is 2. The van der Waals surface area contributed by atoms with E-state index in [1.54, 1.807) is 6.07 Å². The first-order chi connectivity index (χ1) is 20.9. The lowest BCUT2D eigenvalue weighted by Gasteiger charge is -2.24. The maximum atomic E-state index is 14.9. The van der Waals surface area contributed by atoms with E-state index < -0.39 is 30.3 Å². The van der Waals surface area contributed by atoms with Gasteiger partial charge in [-0.1, -0.05) is 48.5 Å². The first-order valence-electron chi connectivity index (χ1n) is 14.7. The maximum absolute atomic E-state index is 14.9. The monoisotopic (exact) mass is 587 g/mol. The van der Waals surface area contributed by atoms with Crippen LogP contribution in [-0.2, 0) is 24.3 Å². The third kappa shape index (κ3) is 5.47. The molecule has 2 fully saturated rings. The van der Waals surface area contributed by atoms with Crippen LogP contribution >= 0.6 is 0 Å². The number of fused-ring (bicyclic) bond motifs is 2. The molecule has 0 unspecified atom stereocenters. The van der Waals surface area contributed by atoms with Crippen LogP contribution in [0.4, 0.5) is 18.0 Å². The number of nitrogens with zero attached hydrogens (tertiary/aromatic N) is 3. The van der Waals surface area contributed by atoms with Crippen molar-refractivity contribution in [2.75, 3.05) is 13.1 Å². The average Bonchev–Trinajstić information content (AvgIpc) is 3.77. The van der Waals surface area contributed by atoms with Crippen molar-refractivity contribution in [2.45, 2.75) is 56.8 Å². The Morgan fingerprint density at radius 1 is 1.00 bits per heavy atom. The van der Waals surface area contributed by atoms with Crippen LogP contribution in [0.5, 0.6) is 0 Å². The highest BCUT2D eigenvalue weighted by atomic mass is 19.1. The summed E-state index contributed by atoms with van der Waals surface area (Å²) >= 11 is 0. The number of rotatable bonds is 7. The number of carbonyl (C=O) groups is 1. The minimum absolute atomic E-state index is 0.0362. The number of H-pyrrole nitrogens is 1. The number of amides is 1. The van der Waals surface area contributed by atoms with Crippen LogP contribution in [0.2, 0.25) is 0 Å². The van der Waals surface area contributed by atoms with E-state index in [9.17, 15) is 18.0 Å². The Kier molecular flexibility index (Phi) is 7.30. The van der Waals surface area contributed by atoms with Crippen LogP contribution < -0.4 is 5.32 Å². The lowest BCUT2D eigenvalue weighted by molar-refractivity contribution is 0.0907. The molecule has 222 valence electrons. The second kappa shape index (κ2) is 11.4. The van der Waals surface area contributed by atoms with Gasteiger partial charge in [0, 0.05) is 48.6 Å². The molecule has 0 bridgehead atoms. The molecule has 7 rings (SSSR count). The van der Waals surface area contributed by atoms with Crippen molar-refractivity contribution in [1.82, 2.24) is 24.8 Å². The number of aromatic amines is 1. The number of nitrogens with one attached hydrogen (secondary N) is 2. The van der Waals surface area contributed by atoms with Gasteiger partial charge in [0.25, 0.3) is 0 Å². The Hall–Kier alpha value is -4.31. The van der Waals surface area contributed by atoms with E-state index in [1.165, 1.54) is 17.0 Å². The number of hydrogen-bond acceptors (Lipinski definition) is 4. The first kappa shape index (κ1) is 27.5. The number of alkyl halides is 2. The summed E-state index contributed by atoms with van der Waals surface area (Å²) in [5.74, 6) is 0.192. The molecule has 2 aliphatic rings. The molecule has 0 spiro atoms. The number of para-hydroxylation sites is 1. The molecule has 2 aromatic heterocycles. The SMILES string of the molecule is O=C(OCc1ccccc1)N1C[C@@H](F)C[C@H]1Cc1c(-c2nc3cc(F)ccc3n2C[C@@H]2C[C@H](F)CN2)[nH]c2ccccc12. The van der Waals surface area contributed by atoms with Gasteiger partial charge in [0.2, 0.25) is 0 Å². The van der Waals surface area contributed by atoms with Crippen molar-refractivity contribution in [1.29, 1.82) is 0 Å². The summed E-state index contributed by atoms with van der Waals surface area (Å²) in [6.45, 7) is 0.807. The lowest BCUT2D eigenvalue weighted by atomic mass is 10.00. The summed E-state index contributed by atoms with van der Waals surface area (Å²) in [6, 6.07) is 21.1. The van der Waals surface area contributed by atoms with Gasteiger partial charge in [0.15, 0.2) is 5.82 Å². The number of ether oxygens (including phenoxy) is 1. The number of carbonyl (C=O) groups excluding carboxylic acids is 1. The fourth-order valence-electron chi connectivity index (χ4n) is 6.53. The normalized spacial score (nSPS) is 22.2. The number of aromatic nitrogens is 3. The molecule has 4 atom stereocenters. The molecule has 2 saturated heterocycles. The van der Waals surface area contributed by atoms with E-state index in [0.29, 0.717) is 43.0 Å². The highest BCUT2D eigenvalue weighted by molar-refractivity contribution is 5.91. The van der Waals surface area contributed by atoms with E-state index in [4.69, 9.17) is 9.72 Å². The van der Waals surface area contributed by atoms with Gasteiger partial charge in [0.1, 0.15) is 24.8 Å². The van der Waals surface area contributed by atoms with Gasteiger partial charge in [-0.3, -0.25) is 0 Å². The number of likely N-dealkylation sites (tertiary alicyclic amines) is 1. The quantitative estimate of drug-likeness (QED) is 0.234. The zero-order chi connectivity index (χ0) is 29.5. The molecule has 3 aromatic carbocycles. The number of halogens is 3. The molecule has 43 heavy (non-hydrogen) atoms. The van der Waals surface area contributed by atoms with E-state index in [1.807, 2.05) is 59.2 Å². The van der Waals surface area contributed by atoms with E-state index in [2.05, 4.69) is 10.3 Å². The molecule has 4 heterocycles. The van der Waals surface area contributed by atoms with Crippen molar-refractivity contribution in [2.24, 2.45) is 0 Å². The van der Waals surface area contributed by atoms with Crippen LogP contribution in [0.1, 0.15) is 24.0 Å². The molecule has 0 saturated carbocycles. The van der Waals surface area contributed by atoms with Crippen LogP contribution in [0.25, 0.3) is 33.5 Å². The Morgan fingerprint density at radius 3 is 2.63 bits per heavy atom. The van der Waals surface area contributed by atoms with Crippen molar-refractivity contribution < 1.29 is 22.7 Å². The molecule has 0 radical (unpaired) electrons. The molecular formula is C33H32F3N5O2.